The summed E-state index contributed by atoms with van der Waals surface area (Å²) in [5, 5.41) is 4.43. The zero-order valence-electron chi connectivity index (χ0n) is 15.1. The molecule has 1 atom stereocenters. The standard InChI is InChI=1S/C21H21N3O2/c1-15-9-11-17(12-10-15)19-13-14-20(25)24(22-19)16(2)21(26)23(3)18-7-5-4-6-8-18/h4-14,16H,1-3H3. The van der Waals surface area contributed by atoms with Crippen LogP contribution < -0.4 is 10.5 Å². The molecule has 0 radical (unpaired) electrons. The summed E-state index contributed by atoms with van der Waals surface area (Å²) in [4.78, 5) is 26.6. The lowest BCUT2D eigenvalue weighted by atomic mass is 10.1. The highest BCUT2D eigenvalue weighted by Crippen LogP contribution is 2.19. The molecule has 5 nitrogen and oxygen atoms in total. The van der Waals surface area contributed by atoms with E-state index in [9.17, 15) is 9.59 Å². The van der Waals surface area contributed by atoms with Crippen LogP contribution in [0.2, 0.25) is 0 Å². The molecule has 0 spiro atoms. The maximum absolute atomic E-state index is 12.8. The van der Waals surface area contributed by atoms with Crippen molar-refractivity contribution in [3.05, 3.63) is 82.6 Å². The van der Waals surface area contributed by atoms with Crippen molar-refractivity contribution in [2.24, 2.45) is 0 Å². The third-order valence-electron chi connectivity index (χ3n) is 4.37. The summed E-state index contributed by atoms with van der Waals surface area (Å²) in [5.41, 5.74) is 3.18. The van der Waals surface area contributed by atoms with Gasteiger partial charge in [0.05, 0.1) is 5.69 Å². The first kappa shape index (κ1) is 17.6. The minimum Gasteiger partial charge on any atom is -0.314 e. The summed E-state index contributed by atoms with van der Waals surface area (Å²) >= 11 is 0. The number of aromatic nitrogens is 2. The number of benzene rings is 2. The third-order valence-corrected chi connectivity index (χ3v) is 4.37. The first-order chi connectivity index (χ1) is 12.5. The highest BCUT2D eigenvalue weighted by atomic mass is 16.2. The summed E-state index contributed by atoms with van der Waals surface area (Å²) in [7, 11) is 1.70. The molecule has 132 valence electrons. The van der Waals surface area contributed by atoms with E-state index in [4.69, 9.17) is 0 Å². The Bertz CT molecular complexity index is 963. The summed E-state index contributed by atoms with van der Waals surface area (Å²) < 4.78 is 1.25. The van der Waals surface area contributed by atoms with Crippen molar-refractivity contribution in [2.45, 2.75) is 19.9 Å². The van der Waals surface area contributed by atoms with Crippen molar-refractivity contribution in [3.63, 3.8) is 0 Å². The quantitative estimate of drug-likeness (QED) is 0.726. The van der Waals surface area contributed by atoms with E-state index in [-0.39, 0.29) is 11.5 Å². The Balaban J connectivity index is 1.92. The van der Waals surface area contributed by atoms with Gasteiger partial charge in [0.15, 0.2) is 0 Å². The zero-order chi connectivity index (χ0) is 18.7. The van der Waals surface area contributed by atoms with Gasteiger partial charge >= 0.3 is 0 Å². The fourth-order valence-corrected chi connectivity index (χ4v) is 2.74. The molecule has 0 saturated heterocycles. The van der Waals surface area contributed by atoms with Gasteiger partial charge in [0.2, 0.25) is 0 Å². The van der Waals surface area contributed by atoms with Crippen molar-refractivity contribution in [3.8, 4) is 11.3 Å². The van der Waals surface area contributed by atoms with Gasteiger partial charge in [-0.1, -0.05) is 48.0 Å². The first-order valence-corrected chi connectivity index (χ1v) is 8.47. The number of amides is 1. The van der Waals surface area contributed by atoms with E-state index in [0.29, 0.717) is 5.69 Å². The van der Waals surface area contributed by atoms with Gasteiger partial charge in [-0.05, 0) is 32.0 Å². The Labute approximate surface area is 152 Å². The van der Waals surface area contributed by atoms with Gasteiger partial charge < -0.3 is 4.90 Å². The second-order valence-corrected chi connectivity index (χ2v) is 6.28. The van der Waals surface area contributed by atoms with E-state index in [0.717, 1.165) is 16.8 Å². The Morgan fingerprint density at radius 2 is 1.65 bits per heavy atom. The van der Waals surface area contributed by atoms with E-state index >= 15 is 0 Å². The van der Waals surface area contributed by atoms with Crippen LogP contribution in [0.3, 0.4) is 0 Å². The monoisotopic (exact) mass is 347 g/mol. The molecule has 5 heteroatoms. The molecule has 1 amide bonds. The van der Waals surface area contributed by atoms with Crippen LogP contribution in [0, 0.1) is 6.92 Å². The lowest BCUT2D eigenvalue weighted by molar-refractivity contribution is -0.121. The lowest BCUT2D eigenvalue weighted by Crippen LogP contribution is -2.38. The number of rotatable bonds is 4. The van der Waals surface area contributed by atoms with Crippen LogP contribution in [0.5, 0.6) is 0 Å². The maximum atomic E-state index is 12.8. The van der Waals surface area contributed by atoms with Gasteiger partial charge in [0.1, 0.15) is 6.04 Å². The van der Waals surface area contributed by atoms with Crippen molar-refractivity contribution in [1.29, 1.82) is 0 Å². The topological polar surface area (TPSA) is 55.2 Å². The number of hydrogen-bond acceptors (Lipinski definition) is 3. The number of anilines is 1. The summed E-state index contributed by atoms with van der Waals surface area (Å²) in [6.07, 6.45) is 0. The molecular formula is C21H21N3O2. The van der Waals surface area contributed by atoms with Crippen molar-refractivity contribution >= 4 is 11.6 Å². The van der Waals surface area contributed by atoms with Crippen LogP contribution in [0.25, 0.3) is 11.3 Å². The van der Waals surface area contributed by atoms with E-state index in [2.05, 4.69) is 5.10 Å². The molecule has 0 bridgehead atoms. The zero-order valence-corrected chi connectivity index (χ0v) is 15.1. The summed E-state index contributed by atoms with van der Waals surface area (Å²) in [6, 6.07) is 19.6. The number of carbonyl (C=O) groups is 1. The Morgan fingerprint density at radius 1 is 1.00 bits per heavy atom. The van der Waals surface area contributed by atoms with Crippen LogP contribution in [0.4, 0.5) is 5.69 Å². The van der Waals surface area contributed by atoms with Crippen LogP contribution in [0.1, 0.15) is 18.5 Å². The number of para-hydroxylation sites is 1. The molecule has 3 aromatic rings. The third kappa shape index (κ3) is 3.57. The highest BCUT2D eigenvalue weighted by molar-refractivity contribution is 5.95. The summed E-state index contributed by atoms with van der Waals surface area (Å²) in [6.45, 7) is 3.70. The number of aryl methyl sites for hydroxylation is 1. The molecule has 0 aliphatic carbocycles. The Hall–Kier alpha value is -3.21. The van der Waals surface area contributed by atoms with Gasteiger partial charge in [0, 0.05) is 24.4 Å². The molecular weight excluding hydrogens is 326 g/mol. The highest BCUT2D eigenvalue weighted by Gasteiger charge is 2.22. The first-order valence-electron chi connectivity index (χ1n) is 8.47. The van der Waals surface area contributed by atoms with Crippen LogP contribution in [-0.2, 0) is 4.79 Å². The lowest BCUT2D eigenvalue weighted by Gasteiger charge is -2.22. The van der Waals surface area contributed by atoms with Gasteiger partial charge in [-0.3, -0.25) is 9.59 Å². The average Bonchev–Trinajstić information content (AvgIpc) is 2.68. The van der Waals surface area contributed by atoms with Gasteiger partial charge in [-0.2, -0.15) is 5.10 Å². The second kappa shape index (κ2) is 7.35. The molecule has 3 rings (SSSR count). The maximum Gasteiger partial charge on any atom is 0.267 e. The average molecular weight is 347 g/mol. The molecule has 2 aromatic carbocycles. The molecule has 0 saturated carbocycles. The van der Waals surface area contributed by atoms with E-state index in [1.165, 1.54) is 15.6 Å². The SMILES string of the molecule is Cc1ccc(-c2ccc(=O)n(C(C)C(=O)N(C)c3ccccc3)n2)cc1. The van der Waals surface area contributed by atoms with Crippen molar-refractivity contribution in [2.75, 3.05) is 11.9 Å². The summed E-state index contributed by atoms with van der Waals surface area (Å²) in [5.74, 6) is -0.202. The van der Waals surface area contributed by atoms with Crippen LogP contribution in [-0.4, -0.2) is 22.7 Å². The fraction of sp³-hybridized carbons (Fsp3) is 0.190. The minimum atomic E-state index is -0.710. The Kier molecular flexibility index (Phi) is 4.98. The van der Waals surface area contributed by atoms with Crippen molar-refractivity contribution in [1.82, 2.24) is 9.78 Å². The smallest absolute Gasteiger partial charge is 0.267 e. The van der Waals surface area contributed by atoms with E-state index in [1.807, 2.05) is 61.5 Å². The predicted octanol–water partition coefficient (Wildman–Crippen LogP) is 3.44. The fourth-order valence-electron chi connectivity index (χ4n) is 2.74. The van der Waals surface area contributed by atoms with Gasteiger partial charge in [0.25, 0.3) is 11.5 Å². The van der Waals surface area contributed by atoms with Crippen LogP contribution >= 0.6 is 0 Å². The molecule has 0 N–H and O–H groups in total. The molecule has 0 aliphatic heterocycles. The molecule has 1 heterocycles. The van der Waals surface area contributed by atoms with E-state index < -0.39 is 6.04 Å². The number of likely N-dealkylation sites (N-methyl/N-ethyl adjacent to an activating group) is 1. The molecule has 0 aliphatic rings. The second-order valence-electron chi connectivity index (χ2n) is 6.28. The number of carbonyl (C=O) groups excluding carboxylic acids is 1. The minimum absolute atomic E-state index is 0.202. The molecule has 1 unspecified atom stereocenters. The number of hydrogen-bond donors (Lipinski definition) is 0. The normalized spacial score (nSPS) is 11.8. The number of nitrogens with zero attached hydrogens (tertiary/aromatic N) is 3. The van der Waals surface area contributed by atoms with Crippen molar-refractivity contribution < 1.29 is 4.79 Å². The molecule has 1 aromatic heterocycles. The Morgan fingerprint density at radius 3 is 2.31 bits per heavy atom. The van der Waals surface area contributed by atoms with Gasteiger partial charge in [-0.25, -0.2) is 4.68 Å². The molecule has 0 fully saturated rings. The van der Waals surface area contributed by atoms with E-state index in [1.54, 1.807) is 20.0 Å². The van der Waals surface area contributed by atoms with Crippen LogP contribution in [0.15, 0.2) is 71.5 Å². The largest absolute Gasteiger partial charge is 0.314 e. The predicted molar refractivity (Wildman–Crippen MR) is 103 cm³/mol. The van der Waals surface area contributed by atoms with Gasteiger partial charge in [-0.15, -0.1) is 0 Å². The molecule has 26 heavy (non-hydrogen) atoms.